The van der Waals surface area contributed by atoms with Crippen molar-refractivity contribution < 1.29 is 9.18 Å². The first-order valence-electron chi connectivity index (χ1n) is 9.95. The second-order valence-corrected chi connectivity index (χ2v) is 9.34. The molecule has 2 atom stereocenters. The molecule has 162 valence electrons. The average molecular weight is 487 g/mol. The van der Waals surface area contributed by atoms with Gasteiger partial charge in [0.1, 0.15) is 22.0 Å². The van der Waals surface area contributed by atoms with Crippen molar-refractivity contribution in [2.24, 2.45) is 0 Å². The van der Waals surface area contributed by atoms with Gasteiger partial charge < -0.3 is 10.2 Å². The summed E-state index contributed by atoms with van der Waals surface area (Å²) in [6, 6.07) is 14.8. The average Bonchev–Trinajstić information content (AvgIpc) is 3.39. The lowest BCUT2D eigenvalue weighted by Crippen LogP contribution is -2.37. The summed E-state index contributed by atoms with van der Waals surface area (Å²) in [5, 5.41) is 3.86. The van der Waals surface area contributed by atoms with E-state index in [0.29, 0.717) is 28.6 Å². The lowest BCUT2D eigenvalue weighted by atomic mass is 10.0. The number of hydrogen-bond donors (Lipinski definition) is 1. The summed E-state index contributed by atoms with van der Waals surface area (Å²) in [6.07, 6.45) is 0.603. The van der Waals surface area contributed by atoms with Crippen LogP contribution in [0.3, 0.4) is 0 Å². The minimum absolute atomic E-state index is 0.142. The Labute approximate surface area is 197 Å². The molecule has 0 spiro atoms. The molecule has 0 aliphatic carbocycles. The molecule has 1 aliphatic heterocycles. The van der Waals surface area contributed by atoms with E-state index in [4.69, 9.17) is 28.2 Å². The number of halogens is 3. The maximum atomic E-state index is 14.0. The van der Waals surface area contributed by atoms with Gasteiger partial charge in [0.15, 0.2) is 0 Å². The molecule has 4 aromatic rings. The number of aromatic nitrogens is 2. The molecule has 0 unspecified atom stereocenters. The number of hydrogen-bond acceptors (Lipinski definition) is 5. The van der Waals surface area contributed by atoms with E-state index >= 15 is 0 Å². The lowest BCUT2D eigenvalue weighted by molar-refractivity contribution is 0.0940. The largest absolute Gasteiger partial charge is 0.347 e. The monoisotopic (exact) mass is 486 g/mol. The van der Waals surface area contributed by atoms with Gasteiger partial charge in [0.25, 0.3) is 5.91 Å². The molecule has 1 aliphatic rings. The van der Waals surface area contributed by atoms with Crippen molar-refractivity contribution in [3.05, 3.63) is 87.1 Å². The molecule has 0 radical (unpaired) electrons. The number of anilines is 1. The fourth-order valence-corrected chi connectivity index (χ4v) is 5.26. The van der Waals surface area contributed by atoms with Gasteiger partial charge in [0.2, 0.25) is 0 Å². The van der Waals surface area contributed by atoms with E-state index in [9.17, 15) is 9.18 Å². The number of nitrogens with one attached hydrogen (secondary N) is 1. The number of pyridine rings is 1. The van der Waals surface area contributed by atoms with E-state index in [0.717, 1.165) is 21.7 Å². The number of carbonyl (C=O) groups is 1. The molecule has 3 heterocycles. The maximum Gasteiger partial charge on any atom is 0.251 e. The molecule has 0 bridgehead atoms. The first-order chi connectivity index (χ1) is 15.5. The van der Waals surface area contributed by atoms with Gasteiger partial charge in [-0.05, 0) is 54.4 Å². The fraction of sp³-hybridized carbons (Fsp3) is 0.174. The molecule has 5 nitrogen and oxygen atoms in total. The van der Waals surface area contributed by atoms with Gasteiger partial charge in [-0.25, -0.2) is 14.4 Å². The zero-order valence-corrected chi connectivity index (χ0v) is 19.0. The van der Waals surface area contributed by atoms with E-state index in [2.05, 4.69) is 15.2 Å². The smallest absolute Gasteiger partial charge is 0.251 e. The standard InChI is InChI=1S/C23H17Cl2FN4OS/c24-15-6-14(7-16(25)9-15)22(31)28-18-10-20(13-2-1-3-17(26)8-13)30(11-18)21-5-4-19-23(29-21)32-12-27-19/h1-9,12,18,20H,10-11H2,(H,28,31)/t18-,20+/m0/s1. The minimum Gasteiger partial charge on any atom is -0.347 e. The van der Waals surface area contributed by atoms with Crippen LogP contribution < -0.4 is 10.2 Å². The minimum atomic E-state index is -0.297. The predicted molar refractivity (Wildman–Crippen MR) is 126 cm³/mol. The van der Waals surface area contributed by atoms with Crippen LogP contribution in [0.5, 0.6) is 0 Å². The van der Waals surface area contributed by atoms with Gasteiger partial charge in [-0.3, -0.25) is 4.79 Å². The molecular weight excluding hydrogens is 470 g/mol. The molecule has 1 N–H and O–H groups in total. The van der Waals surface area contributed by atoms with Gasteiger partial charge >= 0.3 is 0 Å². The molecule has 1 amide bonds. The van der Waals surface area contributed by atoms with E-state index < -0.39 is 0 Å². The Morgan fingerprint density at radius 3 is 2.72 bits per heavy atom. The SMILES string of the molecule is O=C(N[C@H]1C[C@H](c2cccc(F)c2)N(c2ccc3ncsc3n2)C1)c1cc(Cl)cc(Cl)c1. The molecule has 2 aromatic carbocycles. The fourth-order valence-electron chi connectivity index (χ4n) is 4.08. The highest BCUT2D eigenvalue weighted by Crippen LogP contribution is 2.36. The highest BCUT2D eigenvalue weighted by Gasteiger charge is 2.35. The van der Waals surface area contributed by atoms with Gasteiger partial charge in [0, 0.05) is 28.2 Å². The molecule has 32 heavy (non-hydrogen) atoms. The number of carbonyl (C=O) groups excluding carboxylic acids is 1. The van der Waals surface area contributed by atoms with Gasteiger partial charge in [-0.1, -0.05) is 35.3 Å². The van der Waals surface area contributed by atoms with Gasteiger partial charge in [0.05, 0.1) is 11.6 Å². The molecule has 5 rings (SSSR count). The molecule has 1 fully saturated rings. The Kier molecular flexibility index (Phi) is 5.71. The van der Waals surface area contributed by atoms with Crippen LogP contribution in [0, 0.1) is 5.82 Å². The van der Waals surface area contributed by atoms with Crippen LogP contribution in [0.25, 0.3) is 10.3 Å². The zero-order valence-electron chi connectivity index (χ0n) is 16.6. The first-order valence-corrected chi connectivity index (χ1v) is 11.6. The van der Waals surface area contributed by atoms with Crippen molar-refractivity contribution in [2.75, 3.05) is 11.4 Å². The van der Waals surface area contributed by atoms with Crippen molar-refractivity contribution in [3.63, 3.8) is 0 Å². The first kappa shape index (κ1) is 21.1. The van der Waals surface area contributed by atoms with Crippen LogP contribution in [0.1, 0.15) is 28.4 Å². The summed E-state index contributed by atoms with van der Waals surface area (Å²) in [7, 11) is 0. The van der Waals surface area contributed by atoms with E-state index in [1.807, 2.05) is 18.2 Å². The molecule has 2 aromatic heterocycles. The highest BCUT2D eigenvalue weighted by atomic mass is 35.5. The Bertz CT molecular complexity index is 1290. The highest BCUT2D eigenvalue weighted by molar-refractivity contribution is 7.16. The number of rotatable bonds is 4. The summed E-state index contributed by atoms with van der Waals surface area (Å²) in [5.41, 5.74) is 3.82. The second-order valence-electron chi connectivity index (χ2n) is 7.63. The number of benzene rings is 2. The third-order valence-corrected chi connectivity index (χ3v) is 6.64. The van der Waals surface area contributed by atoms with Crippen LogP contribution in [0.15, 0.2) is 60.1 Å². The number of nitrogens with zero attached hydrogens (tertiary/aromatic N) is 3. The van der Waals surface area contributed by atoms with Crippen molar-refractivity contribution in [1.82, 2.24) is 15.3 Å². The Morgan fingerprint density at radius 1 is 1.12 bits per heavy atom. The summed E-state index contributed by atoms with van der Waals surface area (Å²) in [5.74, 6) is 0.207. The topological polar surface area (TPSA) is 58.1 Å². The van der Waals surface area contributed by atoms with Crippen molar-refractivity contribution in [2.45, 2.75) is 18.5 Å². The van der Waals surface area contributed by atoms with Gasteiger partial charge in [-0.15, -0.1) is 11.3 Å². The van der Waals surface area contributed by atoms with Crippen LogP contribution in [-0.2, 0) is 0 Å². The molecule has 0 saturated carbocycles. The van der Waals surface area contributed by atoms with Crippen LogP contribution in [-0.4, -0.2) is 28.5 Å². The third-order valence-electron chi connectivity index (χ3n) is 5.47. The number of amides is 1. The van der Waals surface area contributed by atoms with E-state index in [-0.39, 0.29) is 23.8 Å². The molecule has 9 heteroatoms. The second kappa shape index (κ2) is 8.65. The van der Waals surface area contributed by atoms with Crippen molar-refractivity contribution in [3.8, 4) is 0 Å². The maximum absolute atomic E-state index is 14.0. The van der Waals surface area contributed by atoms with Crippen LogP contribution >= 0.6 is 34.5 Å². The zero-order chi connectivity index (χ0) is 22.2. The Balaban J connectivity index is 1.44. The summed E-state index contributed by atoms with van der Waals surface area (Å²) in [4.78, 5) is 24.8. The van der Waals surface area contributed by atoms with E-state index in [1.54, 1.807) is 29.8 Å². The lowest BCUT2D eigenvalue weighted by Gasteiger charge is -2.26. The summed E-state index contributed by atoms with van der Waals surface area (Å²) in [6.45, 7) is 0.526. The number of thiazole rings is 1. The quantitative estimate of drug-likeness (QED) is 0.390. The van der Waals surface area contributed by atoms with E-state index in [1.165, 1.54) is 23.5 Å². The summed E-state index contributed by atoms with van der Waals surface area (Å²) >= 11 is 13.6. The third kappa shape index (κ3) is 4.28. The number of fused-ring (bicyclic) bond motifs is 1. The Morgan fingerprint density at radius 2 is 1.94 bits per heavy atom. The van der Waals surface area contributed by atoms with Crippen LogP contribution in [0.2, 0.25) is 10.0 Å². The van der Waals surface area contributed by atoms with Crippen molar-refractivity contribution >= 4 is 56.6 Å². The predicted octanol–water partition coefficient (Wildman–Crippen LogP) is 5.89. The van der Waals surface area contributed by atoms with Crippen molar-refractivity contribution in [1.29, 1.82) is 0 Å². The Hall–Kier alpha value is -2.74. The summed E-state index contributed by atoms with van der Waals surface area (Å²) < 4.78 is 14.0. The van der Waals surface area contributed by atoms with Crippen LogP contribution in [0.4, 0.5) is 10.2 Å². The molecular formula is C23H17Cl2FN4OS. The molecule has 1 saturated heterocycles. The van der Waals surface area contributed by atoms with Gasteiger partial charge in [-0.2, -0.15) is 0 Å². The normalized spacial score (nSPS) is 18.3.